The van der Waals surface area contributed by atoms with E-state index in [1.807, 2.05) is 12.1 Å². The van der Waals surface area contributed by atoms with Crippen LogP contribution in [0.3, 0.4) is 0 Å². The summed E-state index contributed by atoms with van der Waals surface area (Å²) in [5.74, 6) is 0.406. The molecule has 3 heterocycles. The van der Waals surface area contributed by atoms with Crippen molar-refractivity contribution in [2.45, 2.75) is 25.7 Å². The van der Waals surface area contributed by atoms with Crippen molar-refractivity contribution in [2.75, 3.05) is 18.0 Å². The summed E-state index contributed by atoms with van der Waals surface area (Å²) in [4.78, 5) is 27.0. The van der Waals surface area contributed by atoms with E-state index in [4.69, 9.17) is 15.7 Å². The van der Waals surface area contributed by atoms with Gasteiger partial charge in [-0.1, -0.05) is 12.1 Å². The van der Waals surface area contributed by atoms with Crippen LogP contribution in [0.2, 0.25) is 0 Å². The number of rotatable bonds is 3. The molecule has 6 nitrogen and oxygen atoms in total. The van der Waals surface area contributed by atoms with E-state index in [0.29, 0.717) is 5.56 Å². The van der Waals surface area contributed by atoms with E-state index in [2.05, 4.69) is 16.0 Å². The number of anilines is 1. The first-order valence-corrected chi connectivity index (χ1v) is 8.77. The highest BCUT2D eigenvalue weighted by Gasteiger charge is 2.25. The van der Waals surface area contributed by atoms with Crippen LogP contribution in [-0.2, 0) is 12.8 Å². The summed E-state index contributed by atoms with van der Waals surface area (Å²) in [6.07, 6.45) is 4.33. The van der Waals surface area contributed by atoms with Crippen LogP contribution < -0.4 is 10.6 Å². The summed E-state index contributed by atoms with van der Waals surface area (Å²) in [6, 6.07) is 7.65. The molecule has 3 N–H and O–H groups in total. The largest absolute Gasteiger partial charge is 0.366 e. The van der Waals surface area contributed by atoms with E-state index in [1.54, 1.807) is 6.07 Å². The molecular formula is C19H19N5O. The lowest BCUT2D eigenvalue weighted by Crippen LogP contribution is -2.38. The number of aromatic amines is 1. The molecule has 1 aliphatic carbocycles. The number of para-hydroxylation sites is 1. The van der Waals surface area contributed by atoms with Gasteiger partial charge in [0.15, 0.2) is 0 Å². The minimum atomic E-state index is -0.423. The molecule has 126 valence electrons. The molecule has 25 heavy (non-hydrogen) atoms. The van der Waals surface area contributed by atoms with Crippen molar-refractivity contribution in [1.29, 1.82) is 0 Å². The van der Waals surface area contributed by atoms with Crippen LogP contribution >= 0.6 is 0 Å². The van der Waals surface area contributed by atoms with Gasteiger partial charge in [-0.15, -0.1) is 0 Å². The van der Waals surface area contributed by atoms with Crippen LogP contribution in [0.15, 0.2) is 24.3 Å². The summed E-state index contributed by atoms with van der Waals surface area (Å²) >= 11 is 0. The zero-order valence-electron chi connectivity index (χ0n) is 13.9. The van der Waals surface area contributed by atoms with Gasteiger partial charge < -0.3 is 15.6 Å². The predicted octanol–water partition coefficient (Wildman–Crippen LogP) is 2.42. The average Bonchev–Trinajstić information content (AvgIpc) is 3.18. The molecule has 0 bridgehead atoms. The molecule has 1 aliphatic heterocycles. The Bertz CT molecular complexity index is 1000. The molecule has 1 fully saturated rings. The first-order valence-electron chi connectivity index (χ1n) is 8.77. The summed E-state index contributed by atoms with van der Waals surface area (Å²) in [5, 5.41) is 0.974. The highest BCUT2D eigenvalue weighted by Crippen LogP contribution is 2.34. The fraction of sp³-hybridized carbons (Fsp3) is 0.316. The Hall–Kier alpha value is -2.89. The summed E-state index contributed by atoms with van der Waals surface area (Å²) < 4.78 is 0. The Kier molecular flexibility index (Phi) is 3.07. The van der Waals surface area contributed by atoms with Crippen molar-refractivity contribution in [3.8, 4) is 11.4 Å². The van der Waals surface area contributed by atoms with Gasteiger partial charge in [-0.2, -0.15) is 0 Å². The molecule has 1 aromatic carbocycles. The first kappa shape index (κ1) is 14.5. The van der Waals surface area contributed by atoms with Gasteiger partial charge in [0.05, 0.1) is 22.5 Å². The number of carbonyl (C=O) groups excluding carboxylic acids is 1. The molecule has 0 unspecified atom stereocenters. The highest BCUT2D eigenvalue weighted by molar-refractivity contribution is 6.06. The minimum absolute atomic E-state index is 0.423. The van der Waals surface area contributed by atoms with Crippen molar-refractivity contribution in [3.63, 3.8) is 0 Å². The third kappa shape index (κ3) is 2.21. The van der Waals surface area contributed by atoms with E-state index in [-0.39, 0.29) is 0 Å². The zero-order valence-corrected chi connectivity index (χ0v) is 13.9. The van der Waals surface area contributed by atoms with E-state index in [0.717, 1.165) is 60.6 Å². The van der Waals surface area contributed by atoms with E-state index >= 15 is 0 Å². The van der Waals surface area contributed by atoms with Gasteiger partial charge in [0.2, 0.25) is 5.95 Å². The number of fused-ring (bicyclic) bond motifs is 2. The lowest BCUT2D eigenvalue weighted by molar-refractivity contribution is 0.100. The maximum absolute atomic E-state index is 11.7. The van der Waals surface area contributed by atoms with Gasteiger partial charge in [0.1, 0.15) is 0 Å². The number of nitrogens with one attached hydrogen (secondary N) is 1. The van der Waals surface area contributed by atoms with Crippen LogP contribution in [-0.4, -0.2) is 33.9 Å². The second-order valence-electron chi connectivity index (χ2n) is 6.81. The summed E-state index contributed by atoms with van der Waals surface area (Å²) in [7, 11) is 0. The molecule has 0 spiro atoms. The lowest BCUT2D eigenvalue weighted by atomic mass is 10.1. The standard InChI is InChI=1S/C19H19N5O/c20-18(25)13-6-1-4-11-10-15(21-16(11)13)17-12-5-2-7-14(12)22-19(23-17)24-8-3-9-24/h1,4,6,10,21H,2-3,5,7-9H2,(H2,20,25). The Labute approximate surface area is 145 Å². The Morgan fingerprint density at radius 3 is 2.80 bits per heavy atom. The Morgan fingerprint density at radius 1 is 1.16 bits per heavy atom. The van der Waals surface area contributed by atoms with Gasteiger partial charge in [0.25, 0.3) is 5.91 Å². The topological polar surface area (TPSA) is 87.9 Å². The number of amides is 1. The number of hydrogen-bond donors (Lipinski definition) is 2. The number of aromatic nitrogens is 3. The molecule has 0 saturated carbocycles. The number of H-pyrrole nitrogens is 1. The predicted molar refractivity (Wildman–Crippen MR) is 96.7 cm³/mol. The second kappa shape index (κ2) is 5.31. The molecule has 3 aromatic rings. The van der Waals surface area contributed by atoms with Crippen molar-refractivity contribution in [1.82, 2.24) is 15.0 Å². The number of nitrogens with two attached hydrogens (primary N) is 1. The molecule has 1 saturated heterocycles. The van der Waals surface area contributed by atoms with Crippen LogP contribution in [0.25, 0.3) is 22.3 Å². The van der Waals surface area contributed by atoms with Crippen LogP contribution in [0, 0.1) is 0 Å². The molecule has 2 aromatic heterocycles. The second-order valence-corrected chi connectivity index (χ2v) is 6.81. The number of carbonyl (C=O) groups is 1. The van der Waals surface area contributed by atoms with Crippen molar-refractivity contribution >= 4 is 22.8 Å². The molecule has 0 atom stereocenters. The molecule has 1 amide bonds. The van der Waals surface area contributed by atoms with Crippen molar-refractivity contribution in [2.24, 2.45) is 5.73 Å². The molecule has 0 radical (unpaired) electrons. The number of benzene rings is 1. The fourth-order valence-electron chi connectivity index (χ4n) is 3.79. The molecule has 6 heteroatoms. The number of nitrogens with zero attached hydrogens (tertiary/aromatic N) is 3. The van der Waals surface area contributed by atoms with Gasteiger partial charge in [-0.3, -0.25) is 4.79 Å². The monoisotopic (exact) mass is 333 g/mol. The molecule has 5 rings (SSSR count). The van der Waals surface area contributed by atoms with Gasteiger partial charge in [0, 0.05) is 29.7 Å². The smallest absolute Gasteiger partial charge is 0.250 e. The highest BCUT2D eigenvalue weighted by atomic mass is 16.1. The van der Waals surface area contributed by atoms with E-state index < -0.39 is 5.91 Å². The SMILES string of the molecule is NC(=O)c1cccc2cc(-c3nc(N4CCC4)nc4c3CCC4)[nH]c12. The maximum Gasteiger partial charge on any atom is 0.250 e. The molecular weight excluding hydrogens is 314 g/mol. The quantitative estimate of drug-likeness (QED) is 0.770. The van der Waals surface area contributed by atoms with E-state index in [9.17, 15) is 4.79 Å². The lowest BCUT2D eigenvalue weighted by Gasteiger charge is -2.31. The zero-order chi connectivity index (χ0) is 17.0. The van der Waals surface area contributed by atoms with Gasteiger partial charge >= 0.3 is 0 Å². The van der Waals surface area contributed by atoms with Gasteiger partial charge in [-0.25, -0.2) is 9.97 Å². The number of aryl methyl sites for hydroxylation is 1. The van der Waals surface area contributed by atoms with Gasteiger partial charge in [-0.05, 0) is 37.8 Å². The minimum Gasteiger partial charge on any atom is -0.366 e. The number of primary amides is 1. The third-order valence-electron chi connectivity index (χ3n) is 5.24. The Balaban J connectivity index is 1.70. The van der Waals surface area contributed by atoms with Crippen molar-refractivity contribution < 1.29 is 4.79 Å². The van der Waals surface area contributed by atoms with Crippen molar-refractivity contribution in [3.05, 3.63) is 41.1 Å². The van der Waals surface area contributed by atoms with Crippen LogP contribution in [0.1, 0.15) is 34.5 Å². The third-order valence-corrected chi connectivity index (χ3v) is 5.24. The Morgan fingerprint density at radius 2 is 2.04 bits per heavy atom. The summed E-state index contributed by atoms with van der Waals surface area (Å²) in [5.41, 5.74) is 11.1. The van der Waals surface area contributed by atoms with Crippen LogP contribution in [0.4, 0.5) is 5.95 Å². The molecule has 2 aliphatic rings. The van der Waals surface area contributed by atoms with E-state index in [1.165, 1.54) is 17.7 Å². The normalized spacial score (nSPS) is 16.1. The average molecular weight is 333 g/mol. The maximum atomic E-state index is 11.7. The van der Waals surface area contributed by atoms with Crippen LogP contribution in [0.5, 0.6) is 0 Å². The first-order chi connectivity index (χ1) is 12.2. The summed E-state index contributed by atoms with van der Waals surface area (Å²) in [6.45, 7) is 2.05. The number of hydrogen-bond acceptors (Lipinski definition) is 4. The fourth-order valence-corrected chi connectivity index (χ4v) is 3.79.